The number of nitrogens with zero attached hydrogens (tertiary/aromatic N) is 3. The van der Waals surface area contributed by atoms with Crippen LogP contribution in [0, 0.1) is 12.8 Å². The summed E-state index contributed by atoms with van der Waals surface area (Å²) in [4.78, 5) is 34.9. The van der Waals surface area contributed by atoms with Gasteiger partial charge in [-0.3, -0.25) is 9.59 Å². The number of carbonyl (C=O) groups excluding carboxylic acids is 2. The van der Waals surface area contributed by atoms with E-state index in [0.29, 0.717) is 30.9 Å². The number of benzene rings is 1. The maximum absolute atomic E-state index is 13.7. The van der Waals surface area contributed by atoms with Crippen molar-refractivity contribution in [2.45, 2.75) is 48.3 Å². The van der Waals surface area contributed by atoms with E-state index in [1.807, 2.05) is 37.1 Å². The van der Waals surface area contributed by atoms with E-state index in [1.165, 1.54) is 18.9 Å². The molecule has 0 bridgehead atoms. The largest absolute Gasteiger partial charge is 0.496 e. The van der Waals surface area contributed by atoms with Crippen LogP contribution in [-0.2, 0) is 4.79 Å². The molecular formula is C25H32N4O3S2. The quantitative estimate of drug-likeness (QED) is 0.531. The third-order valence-electron chi connectivity index (χ3n) is 6.25. The zero-order valence-corrected chi connectivity index (χ0v) is 21.6. The van der Waals surface area contributed by atoms with Gasteiger partial charge in [-0.15, -0.1) is 0 Å². The van der Waals surface area contributed by atoms with Gasteiger partial charge in [-0.25, -0.2) is 4.98 Å². The first-order valence-corrected chi connectivity index (χ1v) is 13.3. The lowest BCUT2D eigenvalue weighted by atomic mass is 10.1. The Morgan fingerprint density at radius 3 is 2.85 bits per heavy atom. The van der Waals surface area contributed by atoms with Crippen molar-refractivity contribution in [3.8, 4) is 5.75 Å². The van der Waals surface area contributed by atoms with Gasteiger partial charge in [-0.2, -0.15) is 0 Å². The number of hydrogen-bond donors (Lipinski definition) is 1. The maximum Gasteiger partial charge on any atom is 0.257 e. The summed E-state index contributed by atoms with van der Waals surface area (Å²) in [5, 5.41) is 4.36. The Hall–Kier alpha value is -2.52. The fraction of sp³-hybridized carbons (Fsp3) is 0.480. The zero-order valence-electron chi connectivity index (χ0n) is 20.0. The predicted octanol–water partition coefficient (Wildman–Crippen LogP) is 4.68. The fourth-order valence-corrected chi connectivity index (χ4v) is 6.05. The van der Waals surface area contributed by atoms with E-state index in [-0.39, 0.29) is 17.9 Å². The summed E-state index contributed by atoms with van der Waals surface area (Å²) in [6.45, 7) is 10.3. The first-order valence-electron chi connectivity index (χ1n) is 11.7. The minimum Gasteiger partial charge on any atom is -0.496 e. The highest BCUT2D eigenvalue weighted by Crippen LogP contribution is 2.39. The Kier molecular flexibility index (Phi) is 7.83. The van der Waals surface area contributed by atoms with Crippen molar-refractivity contribution >= 4 is 40.0 Å². The van der Waals surface area contributed by atoms with Crippen LogP contribution >= 0.6 is 23.1 Å². The van der Waals surface area contributed by atoms with Crippen LogP contribution in [0.3, 0.4) is 0 Å². The SMILES string of the molecule is C=CC(=O)N1CCCN(C(=O)c2cc(Sc3cnc(NCC4CC4)s3)c(C)cc2OC)[C@@H](C)C1. The molecule has 1 aliphatic heterocycles. The monoisotopic (exact) mass is 500 g/mol. The van der Waals surface area contributed by atoms with Gasteiger partial charge >= 0.3 is 0 Å². The Balaban J connectivity index is 1.52. The van der Waals surface area contributed by atoms with E-state index < -0.39 is 0 Å². The average molecular weight is 501 g/mol. The molecule has 2 amide bonds. The molecule has 9 heteroatoms. The molecule has 1 saturated heterocycles. The van der Waals surface area contributed by atoms with Crippen molar-refractivity contribution < 1.29 is 14.3 Å². The van der Waals surface area contributed by atoms with Crippen molar-refractivity contribution in [2.75, 3.05) is 38.6 Å². The molecule has 182 valence electrons. The summed E-state index contributed by atoms with van der Waals surface area (Å²) < 4.78 is 6.67. The molecule has 1 aliphatic carbocycles. The Morgan fingerprint density at radius 1 is 1.35 bits per heavy atom. The topological polar surface area (TPSA) is 74.8 Å². The molecule has 2 fully saturated rings. The second kappa shape index (κ2) is 10.8. The van der Waals surface area contributed by atoms with E-state index in [2.05, 4.69) is 16.9 Å². The number of thiazole rings is 1. The van der Waals surface area contributed by atoms with Gasteiger partial charge in [0.2, 0.25) is 5.91 Å². The number of aryl methyl sites for hydroxylation is 1. The molecule has 1 N–H and O–H groups in total. The molecule has 34 heavy (non-hydrogen) atoms. The van der Waals surface area contributed by atoms with Gasteiger partial charge in [-0.1, -0.05) is 29.7 Å². The average Bonchev–Trinajstić information content (AvgIpc) is 3.60. The molecule has 1 saturated carbocycles. The van der Waals surface area contributed by atoms with Crippen LogP contribution in [0.25, 0.3) is 0 Å². The van der Waals surface area contributed by atoms with Crippen LogP contribution in [0.2, 0.25) is 0 Å². The molecule has 0 spiro atoms. The van der Waals surface area contributed by atoms with E-state index in [0.717, 1.165) is 38.7 Å². The smallest absolute Gasteiger partial charge is 0.257 e. The lowest BCUT2D eigenvalue weighted by Gasteiger charge is -2.29. The zero-order chi connectivity index (χ0) is 24.2. The number of rotatable bonds is 8. The molecule has 2 aliphatic rings. The Labute approximate surface area is 209 Å². The van der Waals surface area contributed by atoms with Crippen molar-refractivity contribution in [1.82, 2.24) is 14.8 Å². The molecule has 1 aromatic heterocycles. The second-order valence-corrected chi connectivity index (χ2v) is 11.3. The van der Waals surface area contributed by atoms with Gasteiger partial charge in [0.15, 0.2) is 5.13 Å². The molecule has 7 nitrogen and oxygen atoms in total. The summed E-state index contributed by atoms with van der Waals surface area (Å²) in [6, 6.07) is 3.75. The molecule has 2 aromatic rings. The van der Waals surface area contributed by atoms with Gasteiger partial charge in [-0.05, 0) is 62.8 Å². The molecule has 1 aromatic carbocycles. The normalized spacial score (nSPS) is 18.4. The van der Waals surface area contributed by atoms with Crippen LogP contribution in [0.5, 0.6) is 5.75 Å². The van der Waals surface area contributed by atoms with Crippen LogP contribution in [-0.4, -0.2) is 65.9 Å². The molecule has 1 atom stereocenters. The van der Waals surface area contributed by atoms with E-state index in [9.17, 15) is 9.59 Å². The van der Waals surface area contributed by atoms with E-state index in [1.54, 1.807) is 35.1 Å². The first-order chi connectivity index (χ1) is 16.4. The van der Waals surface area contributed by atoms with Gasteiger partial charge in [0, 0.05) is 37.1 Å². The summed E-state index contributed by atoms with van der Waals surface area (Å²) >= 11 is 3.26. The number of amides is 2. The maximum atomic E-state index is 13.7. The highest BCUT2D eigenvalue weighted by Gasteiger charge is 2.29. The summed E-state index contributed by atoms with van der Waals surface area (Å²) in [5.41, 5.74) is 1.59. The first kappa shape index (κ1) is 24.6. The number of aromatic nitrogens is 1. The van der Waals surface area contributed by atoms with Gasteiger partial charge in [0.1, 0.15) is 5.75 Å². The van der Waals surface area contributed by atoms with Crippen molar-refractivity contribution in [1.29, 1.82) is 0 Å². The minimum atomic E-state index is -0.109. The lowest BCUT2D eigenvalue weighted by Crippen LogP contribution is -2.43. The number of carbonyl (C=O) groups is 2. The van der Waals surface area contributed by atoms with Crippen LogP contribution in [0.15, 0.2) is 40.1 Å². The van der Waals surface area contributed by atoms with Gasteiger partial charge < -0.3 is 19.9 Å². The number of nitrogens with one attached hydrogen (secondary N) is 1. The minimum absolute atomic E-state index is 0.0739. The second-order valence-electron chi connectivity index (χ2n) is 8.92. The number of ether oxygens (including phenoxy) is 1. The summed E-state index contributed by atoms with van der Waals surface area (Å²) in [6.07, 6.45) is 6.56. The van der Waals surface area contributed by atoms with Crippen LogP contribution in [0.4, 0.5) is 5.13 Å². The highest BCUT2D eigenvalue weighted by atomic mass is 32.2. The third kappa shape index (κ3) is 5.75. The predicted molar refractivity (Wildman–Crippen MR) is 137 cm³/mol. The van der Waals surface area contributed by atoms with Crippen LogP contribution in [0.1, 0.15) is 42.1 Å². The fourth-order valence-electron chi connectivity index (χ4n) is 4.10. The summed E-state index contributed by atoms with van der Waals surface area (Å²) in [7, 11) is 1.59. The van der Waals surface area contributed by atoms with Crippen molar-refractivity contribution in [2.24, 2.45) is 5.92 Å². The lowest BCUT2D eigenvalue weighted by molar-refractivity contribution is -0.126. The van der Waals surface area contributed by atoms with Gasteiger partial charge in [0.25, 0.3) is 5.91 Å². The Morgan fingerprint density at radius 2 is 2.15 bits per heavy atom. The number of hydrogen-bond acceptors (Lipinski definition) is 7. The van der Waals surface area contributed by atoms with Gasteiger partial charge in [0.05, 0.1) is 23.1 Å². The molecule has 0 unspecified atom stereocenters. The molecular weight excluding hydrogens is 468 g/mol. The van der Waals surface area contributed by atoms with E-state index in [4.69, 9.17) is 4.74 Å². The molecule has 4 rings (SSSR count). The standard InChI is InChI=1S/C25H32N4O3S2/c1-5-22(30)28-9-6-10-29(17(3)15-28)24(31)19-12-21(16(2)11-20(19)32-4)33-23-14-27-25(34-23)26-13-18-7-8-18/h5,11-12,14,17-18H,1,6-10,13,15H2,2-4H3,(H,26,27)/t17-/m0/s1. The highest BCUT2D eigenvalue weighted by molar-refractivity contribution is 8.01. The summed E-state index contributed by atoms with van der Waals surface area (Å²) in [5.74, 6) is 1.19. The molecule has 2 heterocycles. The van der Waals surface area contributed by atoms with Crippen molar-refractivity contribution in [3.05, 3.63) is 42.1 Å². The number of anilines is 1. The van der Waals surface area contributed by atoms with Crippen LogP contribution < -0.4 is 10.1 Å². The number of methoxy groups -OCH3 is 1. The van der Waals surface area contributed by atoms with E-state index >= 15 is 0 Å². The Bertz CT molecular complexity index is 1070. The van der Waals surface area contributed by atoms with Crippen molar-refractivity contribution in [3.63, 3.8) is 0 Å². The third-order valence-corrected chi connectivity index (χ3v) is 8.47. The molecule has 0 radical (unpaired) electrons.